The summed E-state index contributed by atoms with van der Waals surface area (Å²) in [6.07, 6.45) is 1.18. The lowest BCUT2D eigenvalue weighted by Gasteiger charge is -2.13. The number of aromatic nitrogens is 1. The molecule has 1 aromatic heterocycles. The fourth-order valence-corrected chi connectivity index (χ4v) is 3.40. The van der Waals surface area contributed by atoms with Gasteiger partial charge in [0.25, 0.3) is 0 Å². The van der Waals surface area contributed by atoms with E-state index in [1.165, 1.54) is 6.42 Å². The molecule has 0 aliphatic carbocycles. The monoisotopic (exact) mass is 329 g/mol. The topological polar surface area (TPSA) is 64.5 Å². The third-order valence-electron chi connectivity index (χ3n) is 5.16. The van der Waals surface area contributed by atoms with Crippen LogP contribution in [-0.2, 0) is 6.54 Å². The molecule has 1 aliphatic heterocycles. The van der Waals surface area contributed by atoms with Crippen LogP contribution in [0, 0.1) is 26.7 Å². The van der Waals surface area contributed by atoms with Crippen molar-refractivity contribution in [1.82, 2.24) is 9.88 Å². The normalized spacial score (nSPS) is 18.3. The SMILES string of the molecule is COc1ccc(-c2nc(CN3CCC(CN)C3)c(C)o2)c(C)c1C. The molecule has 1 unspecified atom stereocenters. The van der Waals surface area contributed by atoms with Crippen LogP contribution in [0.15, 0.2) is 16.5 Å². The highest BCUT2D eigenvalue weighted by molar-refractivity contribution is 5.63. The molecule has 0 amide bonds. The number of nitrogens with two attached hydrogens (primary N) is 1. The van der Waals surface area contributed by atoms with Crippen molar-refractivity contribution in [3.63, 3.8) is 0 Å². The van der Waals surface area contributed by atoms with Crippen molar-refractivity contribution in [3.05, 3.63) is 34.7 Å². The van der Waals surface area contributed by atoms with Gasteiger partial charge in [0.1, 0.15) is 11.5 Å². The van der Waals surface area contributed by atoms with Gasteiger partial charge >= 0.3 is 0 Å². The Balaban J connectivity index is 1.83. The summed E-state index contributed by atoms with van der Waals surface area (Å²) in [4.78, 5) is 7.19. The van der Waals surface area contributed by atoms with Crippen LogP contribution in [-0.4, -0.2) is 36.6 Å². The highest BCUT2D eigenvalue weighted by Crippen LogP contribution is 2.32. The van der Waals surface area contributed by atoms with Crippen LogP contribution in [0.3, 0.4) is 0 Å². The summed E-state index contributed by atoms with van der Waals surface area (Å²) in [5.41, 5.74) is 10.1. The lowest BCUT2D eigenvalue weighted by molar-refractivity contribution is 0.312. The van der Waals surface area contributed by atoms with E-state index in [1.807, 2.05) is 19.1 Å². The highest BCUT2D eigenvalue weighted by Gasteiger charge is 2.23. The van der Waals surface area contributed by atoms with Gasteiger partial charge in [0.15, 0.2) is 0 Å². The Morgan fingerprint density at radius 1 is 1.29 bits per heavy atom. The van der Waals surface area contributed by atoms with E-state index < -0.39 is 0 Å². The Morgan fingerprint density at radius 3 is 2.75 bits per heavy atom. The van der Waals surface area contributed by atoms with Crippen molar-refractivity contribution in [3.8, 4) is 17.2 Å². The maximum atomic E-state index is 5.97. The molecular formula is C19H27N3O2. The largest absolute Gasteiger partial charge is 0.496 e. The number of rotatable bonds is 5. The first kappa shape index (κ1) is 17.0. The number of hydrogen-bond donors (Lipinski definition) is 1. The van der Waals surface area contributed by atoms with Gasteiger partial charge in [-0.1, -0.05) is 0 Å². The molecule has 2 heterocycles. The van der Waals surface area contributed by atoms with Gasteiger partial charge in [-0.05, 0) is 69.5 Å². The number of ether oxygens (including phenoxy) is 1. The van der Waals surface area contributed by atoms with E-state index in [0.717, 1.165) is 60.1 Å². The summed E-state index contributed by atoms with van der Waals surface area (Å²) in [6.45, 7) is 9.88. The molecule has 1 fully saturated rings. The molecule has 24 heavy (non-hydrogen) atoms. The standard InChI is InChI=1S/C19H27N3O2/c1-12-13(2)18(23-4)6-5-16(12)19-21-17(14(3)24-19)11-22-8-7-15(9-20)10-22/h5-6,15H,7-11,20H2,1-4H3. The van der Waals surface area contributed by atoms with Crippen molar-refractivity contribution >= 4 is 0 Å². The van der Waals surface area contributed by atoms with E-state index in [4.69, 9.17) is 19.9 Å². The van der Waals surface area contributed by atoms with E-state index in [2.05, 4.69) is 18.7 Å². The molecule has 3 rings (SSSR count). The van der Waals surface area contributed by atoms with Gasteiger partial charge in [-0.15, -0.1) is 0 Å². The molecular weight excluding hydrogens is 302 g/mol. The Bertz CT molecular complexity index is 724. The summed E-state index contributed by atoms with van der Waals surface area (Å²) >= 11 is 0. The molecule has 2 aromatic rings. The zero-order valence-corrected chi connectivity index (χ0v) is 15.1. The Morgan fingerprint density at radius 2 is 2.08 bits per heavy atom. The van der Waals surface area contributed by atoms with Crippen molar-refractivity contribution in [1.29, 1.82) is 0 Å². The van der Waals surface area contributed by atoms with Crippen molar-refractivity contribution in [2.24, 2.45) is 11.7 Å². The summed E-state index contributed by atoms with van der Waals surface area (Å²) in [7, 11) is 1.69. The average Bonchev–Trinajstić information content (AvgIpc) is 3.17. The molecule has 1 atom stereocenters. The second kappa shape index (κ2) is 6.95. The number of oxazole rings is 1. The molecule has 1 aromatic carbocycles. The van der Waals surface area contributed by atoms with Crippen LogP contribution in [0.25, 0.3) is 11.5 Å². The van der Waals surface area contributed by atoms with Crippen LogP contribution < -0.4 is 10.5 Å². The Kier molecular flexibility index (Phi) is 4.92. The fourth-order valence-electron chi connectivity index (χ4n) is 3.40. The maximum absolute atomic E-state index is 5.97. The highest BCUT2D eigenvalue weighted by atomic mass is 16.5. The van der Waals surface area contributed by atoms with E-state index in [0.29, 0.717) is 11.8 Å². The molecule has 130 valence electrons. The van der Waals surface area contributed by atoms with Crippen LogP contribution in [0.2, 0.25) is 0 Å². The molecule has 0 spiro atoms. The summed E-state index contributed by atoms with van der Waals surface area (Å²) < 4.78 is 11.4. The minimum absolute atomic E-state index is 0.614. The molecule has 0 saturated carbocycles. The first-order valence-electron chi connectivity index (χ1n) is 8.56. The van der Waals surface area contributed by atoms with E-state index >= 15 is 0 Å². The van der Waals surface area contributed by atoms with Gasteiger partial charge < -0.3 is 14.9 Å². The number of methoxy groups -OCH3 is 1. The second-order valence-corrected chi connectivity index (χ2v) is 6.71. The minimum atomic E-state index is 0.614. The smallest absolute Gasteiger partial charge is 0.226 e. The molecule has 5 heteroatoms. The van der Waals surface area contributed by atoms with Crippen molar-refractivity contribution < 1.29 is 9.15 Å². The van der Waals surface area contributed by atoms with E-state index in [9.17, 15) is 0 Å². The predicted molar refractivity (Wildman–Crippen MR) is 95.1 cm³/mol. The summed E-state index contributed by atoms with van der Waals surface area (Å²) in [6, 6.07) is 4.00. The van der Waals surface area contributed by atoms with Crippen molar-refractivity contribution in [2.75, 3.05) is 26.7 Å². The number of benzene rings is 1. The van der Waals surface area contributed by atoms with Gasteiger partial charge in [0.05, 0.1) is 12.8 Å². The lowest BCUT2D eigenvalue weighted by atomic mass is 10.0. The number of hydrogen-bond acceptors (Lipinski definition) is 5. The number of nitrogens with zero attached hydrogens (tertiary/aromatic N) is 2. The van der Waals surface area contributed by atoms with Gasteiger partial charge in [0.2, 0.25) is 5.89 Å². The zero-order valence-electron chi connectivity index (χ0n) is 15.1. The molecule has 0 radical (unpaired) electrons. The minimum Gasteiger partial charge on any atom is -0.496 e. The van der Waals surface area contributed by atoms with Crippen LogP contribution in [0.4, 0.5) is 0 Å². The second-order valence-electron chi connectivity index (χ2n) is 6.71. The fraction of sp³-hybridized carbons (Fsp3) is 0.526. The molecule has 2 N–H and O–H groups in total. The first-order chi connectivity index (χ1) is 11.5. The van der Waals surface area contributed by atoms with Gasteiger partial charge in [-0.25, -0.2) is 4.98 Å². The zero-order chi connectivity index (χ0) is 17.3. The van der Waals surface area contributed by atoms with Crippen molar-refractivity contribution in [2.45, 2.75) is 33.7 Å². The molecule has 0 bridgehead atoms. The van der Waals surface area contributed by atoms with Crippen LogP contribution in [0.5, 0.6) is 5.75 Å². The third-order valence-corrected chi connectivity index (χ3v) is 5.16. The summed E-state index contributed by atoms with van der Waals surface area (Å²) in [5, 5.41) is 0. The maximum Gasteiger partial charge on any atom is 0.226 e. The molecule has 5 nitrogen and oxygen atoms in total. The number of likely N-dealkylation sites (tertiary alicyclic amines) is 1. The van der Waals surface area contributed by atoms with Crippen LogP contribution >= 0.6 is 0 Å². The van der Waals surface area contributed by atoms with Gasteiger partial charge in [-0.2, -0.15) is 0 Å². The Labute approximate surface area is 143 Å². The van der Waals surface area contributed by atoms with Gasteiger partial charge in [0, 0.05) is 18.7 Å². The van der Waals surface area contributed by atoms with E-state index in [-0.39, 0.29) is 0 Å². The average molecular weight is 329 g/mol. The Hall–Kier alpha value is -1.85. The number of aryl methyl sites for hydroxylation is 1. The first-order valence-corrected chi connectivity index (χ1v) is 8.56. The van der Waals surface area contributed by atoms with Gasteiger partial charge in [-0.3, -0.25) is 4.90 Å². The predicted octanol–water partition coefficient (Wildman–Crippen LogP) is 3.06. The third kappa shape index (κ3) is 3.19. The quantitative estimate of drug-likeness (QED) is 0.913. The lowest BCUT2D eigenvalue weighted by Crippen LogP contribution is -2.23. The van der Waals surface area contributed by atoms with Crippen LogP contribution in [0.1, 0.15) is 29.0 Å². The molecule has 1 saturated heterocycles. The van der Waals surface area contributed by atoms with E-state index in [1.54, 1.807) is 7.11 Å². The summed E-state index contributed by atoms with van der Waals surface area (Å²) in [5.74, 6) is 3.10. The molecule has 1 aliphatic rings.